The molecule has 0 unspecified atom stereocenters. The SMILES string of the molecule is COc1cc(Cl)c(C)cc1NC(=O)N/C=C/c1cccc(C)c1. The topological polar surface area (TPSA) is 50.4 Å². The van der Waals surface area contributed by atoms with Crippen molar-refractivity contribution in [2.24, 2.45) is 0 Å². The van der Waals surface area contributed by atoms with Crippen molar-refractivity contribution in [1.29, 1.82) is 0 Å². The van der Waals surface area contributed by atoms with Crippen molar-refractivity contribution < 1.29 is 9.53 Å². The Kier molecular flexibility index (Phi) is 5.66. The summed E-state index contributed by atoms with van der Waals surface area (Å²) in [5.41, 5.74) is 3.61. The number of halogens is 1. The molecule has 4 nitrogen and oxygen atoms in total. The summed E-state index contributed by atoms with van der Waals surface area (Å²) in [6, 6.07) is 11.1. The van der Waals surface area contributed by atoms with E-state index in [9.17, 15) is 4.79 Å². The molecular formula is C18H19ClN2O2. The van der Waals surface area contributed by atoms with E-state index < -0.39 is 0 Å². The molecule has 0 aliphatic heterocycles. The molecule has 0 aliphatic rings. The van der Waals surface area contributed by atoms with Gasteiger partial charge < -0.3 is 15.4 Å². The van der Waals surface area contributed by atoms with Crippen LogP contribution in [0.25, 0.3) is 6.08 Å². The zero-order chi connectivity index (χ0) is 16.8. The highest BCUT2D eigenvalue weighted by Crippen LogP contribution is 2.30. The summed E-state index contributed by atoms with van der Waals surface area (Å²) >= 11 is 6.05. The lowest BCUT2D eigenvalue weighted by Crippen LogP contribution is -2.24. The first kappa shape index (κ1) is 16.9. The Labute approximate surface area is 141 Å². The molecule has 2 aromatic rings. The number of rotatable bonds is 4. The molecule has 120 valence electrons. The Bertz CT molecular complexity index is 742. The van der Waals surface area contributed by atoms with E-state index in [0.717, 1.165) is 16.7 Å². The third kappa shape index (κ3) is 4.76. The van der Waals surface area contributed by atoms with Crippen molar-refractivity contribution in [3.05, 3.63) is 64.3 Å². The van der Waals surface area contributed by atoms with E-state index in [4.69, 9.17) is 16.3 Å². The predicted octanol–water partition coefficient (Wildman–Crippen LogP) is 4.76. The van der Waals surface area contributed by atoms with Gasteiger partial charge in [-0.15, -0.1) is 0 Å². The monoisotopic (exact) mass is 330 g/mol. The fourth-order valence-electron chi connectivity index (χ4n) is 2.08. The van der Waals surface area contributed by atoms with Gasteiger partial charge in [-0.1, -0.05) is 41.4 Å². The Morgan fingerprint density at radius 3 is 2.70 bits per heavy atom. The molecule has 2 amide bonds. The Morgan fingerprint density at radius 1 is 1.22 bits per heavy atom. The number of carbonyl (C=O) groups is 1. The highest BCUT2D eigenvalue weighted by molar-refractivity contribution is 6.31. The predicted molar refractivity (Wildman–Crippen MR) is 95.1 cm³/mol. The maximum atomic E-state index is 12.0. The Hall–Kier alpha value is -2.46. The number of methoxy groups -OCH3 is 1. The molecule has 0 fully saturated rings. The van der Waals surface area contributed by atoms with E-state index in [-0.39, 0.29) is 6.03 Å². The van der Waals surface area contributed by atoms with Gasteiger partial charge in [0, 0.05) is 17.3 Å². The van der Waals surface area contributed by atoms with E-state index in [0.29, 0.717) is 16.5 Å². The van der Waals surface area contributed by atoms with Crippen LogP contribution >= 0.6 is 11.6 Å². The van der Waals surface area contributed by atoms with Crippen LogP contribution in [0.15, 0.2) is 42.6 Å². The summed E-state index contributed by atoms with van der Waals surface area (Å²) in [6.07, 6.45) is 3.43. The normalized spacial score (nSPS) is 10.6. The van der Waals surface area contributed by atoms with Gasteiger partial charge in [-0.3, -0.25) is 0 Å². The second kappa shape index (κ2) is 7.70. The fraction of sp³-hybridized carbons (Fsp3) is 0.167. The molecule has 5 heteroatoms. The molecule has 0 atom stereocenters. The summed E-state index contributed by atoms with van der Waals surface area (Å²) in [5.74, 6) is 0.512. The smallest absolute Gasteiger partial charge is 0.323 e. The first-order chi connectivity index (χ1) is 11.0. The maximum Gasteiger partial charge on any atom is 0.323 e. The molecule has 2 aromatic carbocycles. The molecule has 0 bridgehead atoms. The summed E-state index contributed by atoms with van der Waals surface area (Å²) in [4.78, 5) is 12.0. The van der Waals surface area contributed by atoms with E-state index in [2.05, 4.69) is 10.6 Å². The molecule has 0 aromatic heterocycles. The first-order valence-electron chi connectivity index (χ1n) is 7.14. The van der Waals surface area contributed by atoms with Crippen LogP contribution in [-0.2, 0) is 0 Å². The number of amides is 2. The largest absolute Gasteiger partial charge is 0.495 e. The molecule has 0 heterocycles. The van der Waals surface area contributed by atoms with Gasteiger partial charge in [-0.05, 0) is 37.1 Å². The van der Waals surface area contributed by atoms with E-state index in [1.54, 1.807) is 18.3 Å². The summed E-state index contributed by atoms with van der Waals surface area (Å²) in [6.45, 7) is 3.88. The van der Waals surface area contributed by atoms with Crippen molar-refractivity contribution in [1.82, 2.24) is 5.32 Å². The number of hydrogen-bond donors (Lipinski definition) is 2. The highest BCUT2D eigenvalue weighted by Gasteiger charge is 2.09. The number of ether oxygens (including phenoxy) is 1. The first-order valence-corrected chi connectivity index (χ1v) is 7.52. The third-order valence-electron chi connectivity index (χ3n) is 3.26. The number of nitrogens with one attached hydrogen (secondary N) is 2. The average Bonchev–Trinajstić information content (AvgIpc) is 2.50. The van der Waals surface area contributed by atoms with Crippen LogP contribution < -0.4 is 15.4 Å². The van der Waals surface area contributed by atoms with Gasteiger partial charge in [-0.2, -0.15) is 0 Å². The third-order valence-corrected chi connectivity index (χ3v) is 3.67. The lowest BCUT2D eigenvalue weighted by atomic mass is 10.1. The van der Waals surface area contributed by atoms with Gasteiger partial charge in [-0.25, -0.2) is 4.79 Å². The number of urea groups is 1. The van der Waals surface area contributed by atoms with Crippen LogP contribution in [-0.4, -0.2) is 13.1 Å². The van der Waals surface area contributed by atoms with E-state index in [1.807, 2.05) is 44.2 Å². The second-order valence-corrected chi connectivity index (χ2v) is 5.55. The zero-order valence-corrected chi connectivity index (χ0v) is 14.1. The van der Waals surface area contributed by atoms with E-state index >= 15 is 0 Å². The van der Waals surface area contributed by atoms with Crippen molar-refractivity contribution >= 4 is 29.4 Å². The summed E-state index contributed by atoms with van der Waals surface area (Å²) in [7, 11) is 1.53. The summed E-state index contributed by atoms with van der Waals surface area (Å²) < 4.78 is 5.22. The number of benzene rings is 2. The molecule has 23 heavy (non-hydrogen) atoms. The van der Waals surface area contributed by atoms with Crippen LogP contribution in [0.5, 0.6) is 5.75 Å². The van der Waals surface area contributed by atoms with Crippen LogP contribution in [0, 0.1) is 13.8 Å². The van der Waals surface area contributed by atoms with Crippen molar-refractivity contribution in [3.63, 3.8) is 0 Å². The zero-order valence-electron chi connectivity index (χ0n) is 13.3. The van der Waals surface area contributed by atoms with Gasteiger partial charge in [0.25, 0.3) is 0 Å². The van der Waals surface area contributed by atoms with Crippen LogP contribution in [0.2, 0.25) is 5.02 Å². The minimum absolute atomic E-state index is 0.353. The lowest BCUT2D eigenvalue weighted by Gasteiger charge is -2.12. The van der Waals surface area contributed by atoms with Gasteiger partial charge in [0.05, 0.1) is 12.8 Å². The number of anilines is 1. The molecule has 2 rings (SSSR count). The van der Waals surface area contributed by atoms with Gasteiger partial charge in [0.15, 0.2) is 0 Å². The minimum atomic E-state index is -0.353. The molecule has 0 saturated carbocycles. The van der Waals surface area contributed by atoms with Gasteiger partial charge in [0.1, 0.15) is 5.75 Å². The molecular weight excluding hydrogens is 312 g/mol. The Morgan fingerprint density at radius 2 is 2.00 bits per heavy atom. The van der Waals surface area contributed by atoms with Crippen molar-refractivity contribution in [2.45, 2.75) is 13.8 Å². The molecule has 0 saturated heterocycles. The van der Waals surface area contributed by atoms with E-state index in [1.165, 1.54) is 7.11 Å². The average molecular weight is 331 g/mol. The maximum absolute atomic E-state index is 12.0. The molecule has 0 spiro atoms. The van der Waals surface area contributed by atoms with Gasteiger partial charge >= 0.3 is 6.03 Å². The van der Waals surface area contributed by atoms with Crippen LogP contribution in [0.3, 0.4) is 0 Å². The molecule has 0 radical (unpaired) electrons. The van der Waals surface area contributed by atoms with Crippen LogP contribution in [0.4, 0.5) is 10.5 Å². The molecule has 0 aliphatic carbocycles. The standard InChI is InChI=1S/C18H19ClN2O2/c1-12-5-4-6-14(9-12)7-8-20-18(22)21-16-10-13(2)15(19)11-17(16)23-3/h4-11H,1-3H3,(H2,20,21,22)/b8-7+. The Balaban J connectivity index is 2.01. The van der Waals surface area contributed by atoms with Crippen LogP contribution in [0.1, 0.15) is 16.7 Å². The number of hydrogen-bond acceptors (Lipinski definition) is 2. The number of aryl methyl sites for hydroxylation is 2. The second-order valence-electron chi connectivity index (χ2n) is 5.15. The lowest BCUT2D eigenvalue weighted by molar-refractivity contribution is 0.255. The summed E-state index contributed by atoms with van der Waals surface area (Å²) in [5, 5.41) is 6.00. The fourth-order valence-corrected chi connectivity index (χ4v) is 2.23. The molecule has 2 N–H and O–H groups in total. The number of carbonyl (C=O) groups excluding carboxylic acids is 1. The van der Waals surface area contributed by atoms with Crippen molar-refractivity contribution in [3.8, 4) is 5.75 Å². The van der Waals surface area contributed by atoms with Gasteiger partial charge in [0.2, 0.25) is 0 Å². The van der Waals surface area contributed by atoms with Crippen molar-refractivity contribution in [2.75, 3.05) is 12.4 Å². The minimum Gasteiger partial charge on any atom is -0.495 e. The highest BCUT2D eigenvalue weighted by atomic mass is 35.5. The quantitative estimate of drug-likeness (QED) is 0.849.